The molecule has 0 saturated carbocycles. The lowest BCUT2D eigenvalue weighted by molar-refractivity contribution is 0.601. The van der Waals surface area contributed by atoms with Crippen LogP contribution >= 0.6 is 15.9 Å². The van der Waals surface area contributed by atoms with Gasteiger partial charge in [0.1, 0.15) is 5.82 Å². The molecule has 2 aromatic rings. The molecule has 7 heteroatoms. The third-order valence-electron chi connectivity index (χ3n) is 2.72. The van der Waals surface area contributed by atoms with E-state index in [0.29, 0.717) is 5.69 Å². The highest BCUT2D eigenvalue weighted by molar-refractivity contribution is 9.10. The molecule has 0 bridgehead atoms. The lowest BCUT2D eigenvalue weighted by Crippen LogP contribution is -2.13. The molecule has 21 heavy (non-hydrogen) atoms. The second kappa shape index (κ2) is 6.44. The Morgan fingerprint density at radius 1 is 1.10 bits per heavy atom. The Bertz CT molecular complexity index is 733. The fourth-order valence-corrected chi connectivity index (χ4v) is 3.16. The Kier molecular flexibility index (Phi) is 4.84. The minimum atomic E-state index is -3.70. The number of benzene rings is 2. The first kappa shape index (κ1) is 15.8. The Labute approximate surface area is 131 Å². The Balaban J connectivity index is 2.23. The molecular formula is C14H14BrFN2O2S. The van der Waals surface area contributed by atoms with Crippen LogP contribution in [-0.2, 0) is 10.0 Å². The highest BCUT2D eigenvalue weighted by atomic mass is 79.9. The summed E-state index contributed by atoms with van der Waals surface area (Å²) in [6.45, 7) is 2.71. The Morgan fingerprint density at radius 2 is 1.71 bits per heavy atom. The summed E-state index contributed by atoms with van der Waals surface area (Å²) in [7, 11) is -3.70. The van der Waals surface area contributed by atoms with Crippen molar-refractivity contribution in [3.8, 4) is 0 Å². The number of anilines is 2. The van der Waals surface area contributed by atoms with Crippen LogP contribution in [0.5, 0.6) is 0 Å². The SMILES string of the molecule is CCNc1ccc(S(=O)(=O)Nc2ccc(F)c(Br)c2)cc1. The molecule has 4 nitrogen and oxygen atoms in total. The van der Waals surface area contributed by atoms with Crippen molar-refractivity contribution in [1.82, 2.24) is 0 Å². The maximum Gasteiger partial charge on any atom is 0.261 e. The molecule has 0 radical (unpaired) electrons. The van der Waals surface area contributed by atoms with Crippen molar-refractivity contribution < 1.29 is 12.8 Å². The van der Waals surface area contributed by atoms with Gasteiger partial charge in [-0.2, -0.15) is 0 Å². The average Bonchev–Trinajstić information content (AvgIpc) is 2.44. The van der Waals surface area contributed by atoms with E-state index >= 15 is 0 Å². The maximum absolute atomic E-state index is 13.1. The molecule has 0 spiro atoms. The van der Waals surface area contributed by atoms with Crippen LogP contribution in [0.2, 0.25) is 0 Å². The standard InChI is InChI=1S/C14H14BrFN2O2S/c1-2-17-10-3-6-12(7-4-10)21(19,20)18-11-5-8-14(16)13(15)9-11/h3-9,17-18H,2H2,1H3. The van der Waals surface area contributed by atoms with Gasteiger partial charge in [-0.25, -0.2) is 12.8 Å². The van der Waals surface area contributed by atoms with Crippen LogP contribution in [0, 0.1) is 5.82 Å². The largest absolute Gasteiger partial charge is 0.385 e. The molecule has 2 aromatic carbocycles. The van der Waals surface area contributed by atoms with Gasteiger partial charge in [-0.1, -0.05) is 0 Å². The zero-order valence-electron chi connectivity index (χ0n) is 11.2. The first-order valence-electron chi connectivity index (χ1n) is 6.24. The van der Waals surface area contributed by atoms with Crippen LogP contribution in [0.25, 0.3) is 0 Å². The second-order valence-corrected chi connectivity index (χ2v) is 6.83. The quantitative estimate of drug-likeness (QED) is 0.838. The summed E-state index contributed by atoms with van der Waals surface area (Å²) in [5.41, 5.74) is 1.14. The number of hydrogen-bond donors (Lipinski definition) is 2. The lowest BCUT2D eigenvalue weighted by atomic mass is 10.3. The third kappa shape index (κ3) is 3.95. The predicted octanol–water partition coefficient (Wildman–Crippen LogP) is 3.82. The molecule has 0 saturated heterocycles. The fraction of sp³-hybridized carbons (Fsp3) is 0.143. The summed E-state index contributed by atoms with van der Waals surface area (Å²) in [5.74, 6) is -0.451. The number of rotatable bonds is 5. The van der Waals surface area contributed by atoms with Crippen molar-refractivity contribution in [2.24, 2.45) is 0 Å². The minimum absolute atomic E-state index is 0.143. The van der Waals surface area contributed by atoms with Crippen LogP contribution < -0.4 is 10.0 Å². The Hall–Kier alpha value is -1.60. The molecule has 0 fully saturated rings. The van der Waals surface area contributed by atoms with Gasteiger partial charge in [-0.05, 0) is 65.3 Å². The van der Waals surface area contributed by atoms with Gasteiger partial charge in [0.2, 0.25) is 0 Å². The summed E-state index contributed by atoms with van der Waals surface area (Å²) < 4.78 is 40.2. The van der Waals surface area contributed by atoms with Crippen molar-refractivity contribution in [2.45, 2.75) is 11.8 Å². The normalized spacial score (nSPS) is 11.2. The summed E-state index contributed by atoms with van der Waals surface area (Å²) >= 11 is 3.02. The first-order valence-corrected chi connectivity index (χ1v) is 8.52. The van der Waals surface area contributed by atoms with E-state index in [1.54, 1.807) is 12.1 Å². The van der Waals surface area contributed by atoms with Crippen molar-refractivity contribution in [3.63, 3.8) is 0 Å². The van der Waals surface area contributed by atoms with Crippen LogP contribution in [0.4, 0.5) is 15.8 Å². The molecule has 2 rings (SSSR count). The van der Waals surface area contributed by atoms with E-state index in [9.17, 15) is 12.8 Å². The van der Waals surface area contributed by atoms with Gasteiger partial charge in [-0.15, -0.1) is 0 Å². The average molecular weight is 373 g/mol. The zero-order chi connectivity index (χ0) is 15.5. The van der Waals surface area contributed by atoms with Crippen LogP contribution in [0.1, 0.15) is 6.92 Å². The molecule has 0 unspecified atom stereocenters. The number of hydrogen-bond acceptors (Lipinski definition) is 3. The molecule has 0 aliphatic rings. The van der Waals surface area contributed by atoms with Crippen molar-refractivity contribution in [3.05, 3.63) is 52.8 Å². The molecule has 112 valence electrons. The first-order chi connectivity index (χ1) is 9.92. The smallest absolute Gasteiger partial charge is 0.261 e. The van der Waals surface area contributed by atoms with Crippen LogP contribution in [-0.4, -0.2) is 15.0 Å². The molecule has 0 atom stereocenters. The monoisotopic (exact) mass is 372 g/mol. The van der Waals surface area contributed by atoms with Crippen molar-refractivity contribution >= 4 is 37.3 Å². The topological polar surface area (TPSA) is 58.2 Å². The predicted molar refractivity (Wildman–Crippen MR) is 85.5 cm³/mol. The lowest BCUT2D eigenvalue weighted by Gasteiger charge is -2.10. The summed E-state index contributed by atoms with van der Waals surface area (Å²) in [6, 6.07) is 10.3. The van der Waals surface area contributed by atoms with Gasteiger partial charge < -0.3 is 5.32 Å². The molecule has 0 aromatic heterocycles. The zero-order valence-corrected chi connectivity index (χ0v) is 13.6. The second-order valence-electron chi connectivity index (χ2n) is 4.29. The van der Waals surface area contributed by atoms with Gasteiger partial charge >= 0.3 is 0 Å². The minimum Gasteiger partial charge on any atom is -0.385 e. The van der Waals surface area contributed by atoms with E-state index in [4.69, 9.17) is 0 Å². The van der Waals surface area contributed by atoms with E-state index in [-0.39, 0.29) is 9.37 Å². The van der Waals surface area contributed by atoms with E-state index in [0.717, 1.165) is 12.2 Å². The third-order valence-corrected chi connectivity index (χ3v) is 4.72. The summed E-state index contributed by atoms with van der Waals surface area (Å²) in [4.78, 5) is 0.143. The maximum atomic E-state index is 13.1. The van der Waals surface area contributed by atoms with Gasteiger partial charge in [0.05, 0.1) is 15.1 Å². The van der Waals surface area contributed by atoms with E-state index < -0.39 is 15.8 Å². The highest BCUT2D eigenvalue weighted by Gasteiger charge is 2.14. The van der Waals surface area contributed by atoms with Gasteiger partial charge in [-0.3, -0.25) is 4.72 Å². The van der Waals surface area contributed by atoms with E-state index in [1.165, 1.54) is 30.3 Å². The highest BCUT2D eigenvalue weighted by Crippen LogP contribution is 2.23. The summed E-state index contributed by atoms with van der Waals surface area (Å²) in [5, 5.41) is 3.09. The molecule has 0 aliphatic carbocycles. The van der Waals surface area contributed by atoms with Crippen molar-refractivity contribution in [2.75, 3.05) is 16.6 Å². The van der Waals surface area contributed by atoms with Gasteiger partial charge in [0.15, 0.2) is 0 Å². The molecule has 2 N–H and O–H groups in total. The molecular weight excluding hydrogens is 359 g/mol. The van der Waals surface area contributed by atoms with Crippen LogP contribution in [0.3, 0.4) is 0 Å². The summed E-state index contributed by atoms with van der Waals surface area (Å²) in [6.07, 6.45) is 0. The number of halogens is 2. The van der Waals surface area contributed by atoms with E-state index in [1.807, 2.05) is 6.92 Å². The van der Waals surface area contributed by atoms with Gasteiger partial charge in [0.25, 0.3) is 10.0 Å². The van der Waals surface area contributed by atoms with Gasteiger partial charge in [0, 0.05) is 12.2 Å². The van der Waals surface area contributed by atoms with Crippen molar-refractivity contribution in [1.29, 1.82) is 0 Å². The molecule has 0 aliphatic heterocycles. The van der Waals surface area contributed by atoms with E-state index in [2.05, 4.69) is 26.0 Å². The fourth-order valence-electron chi connectivity index (χ4n) is 1.73. The van der Waals surface area contributed by atoms with Crippen LogP contribution in [0.15, 0.2) is 51.8 Å². The number of sulfonamides is 1. The number of nitrogens with one attached hydrogen (secondary N) is 2. The Morgan fingerprint density at radius 3 is 2.29 bits per heavy atom. The molecule has 0 amide bonds. The molecule has 0 heterocycles.